The lowest BCUT2D eigenvalue weighted by atomic mass is 9.62. The average Bonchev–Trinajstić information content (AvgIpc) is 3.89. The highest BCUT2D eigenvalue weighted by atomic mass is 32.2. The maximum absolute atomic E-state index is 8.05. The fourth-order valence-electron chi connectivity index (χ4n) is 10.5. The molecular weight excluding hydrogens is 809 g/mol. The first-order chi connectivity index (χ1) is 32.1. The predicted molar refractivity (Wildman–Crippen MR) is 273 cm³/mol. The highest BCUT2D eigenvalue weighted by molar-refractivity contribution is 7.99. The van der Waals surface area contributed by atoms with Gasteiger partial charge in [-0.2, -0.15) is 0 Å². The lowest BCUT2D eigenvalue weighted by Gasteiger charge is -2.45. The van der Waals surface area contributed by atoms with E-state index in [-0.39, 0.29) is 0 Å². The minimum atomic E-state index is -0.488. The van der Waals surface area contributed by atoms with Gasteiger partial charge in [-0.25, -0.2) is 0 Å². The van der Waals surface area contributed by atoms with Crippen LogP contribution in [-0.4, -0.2) is 21.6 Å². The lowest BCUT2D eigenvalue weighted by Crippen LogP contribution is -2.37. The number of nitrogens with zero attached hydrogens (tertiary/aromatic N) is 3. The normalized spacial score (nSPS) is 14.8. The summed E-state index contributed by atoms with van der Waals surface area (Å²) in [6.07, 6.45) is 1.73. The molecule has 0 aliphatic carbocycles. The van der Waals surface area contributed by atoms with Crippen LogP contribution < -0.4 is 0 Å². The van der Waals surface area contributed by atoms with E-state index >= 15 is 0 Å². The molecule has 2 aromatic heterocycles. The summed E-state index contributed by atoms with van der Waals surface area (Å²) in [4.78, 5) is 6.66. The molecular formula is C60H42N4S. The summed E-state index contributed by atoms with van der Waals surface area (Å²) in [7, 11) is 0. The molecule has 2 aliphatic rings. The van der Waals surface area contributed by atoms with Gasteiger partial charge in [0.2, 0.25) is 0 Å². The molecule has 0 bridgehead atoms. The highest BCUT2D eigenvalue weighted by Gasteiger charge is 2.50. The third-order valence-corrected chi connectivity index (χ3v) is 14.4. The number of aromatic nitrogens is 2. The van der Waals surface area contributed by atoms with Gasteiger partial charge in [-0.1, -0.05) is 182 Å². The standard InChI is InChI=1S/C44H28N2S.C16H14N2/c1-27-12-10-13-28(26-27)45-37-21-7-3-15-31(37)41-39(45)25-24-35-43(41)47-40-23-9-5-18-33(40)44(35)32-17-4-8-22-38(32)46-36-20-6-2-14-29(36)30-16-11-19-34(44)42(30)46;1-18-16(14-10-6-3-7-11-14)12-15(17)13-8-4-2-5-9-13/h2-26H,1H3;2-12,17H,1H2/b;16-12-,17-15?. The summed E-state index contributed by atoms with van der Waals surface area (Å²) in [6, 6.07) is 76.1. The number of hydrogen-bond donors (Lipinski definition) is 1. The molecule has 1 atom stereocenters. The van der Waals surface area contributed by atoms with E-state index in [4.69, 9.17) is 5.41 Å². The molecule has 308 valence electrons. The molecule has 0 saturated carbocycles. The molecule has 13 rings (SSSR count). The number of rotatable bonds is 5. The smallest absolute Gasteiger partial charge is 0.0764 e. The first-order valence-corrected chi connectivity index (χ1v) is 22.8. The van der Waals surface area contributed by atoms with Gasteiger partial charge in [-0.3, -0.25) is 4.99 Å². The Hall–Kier alpha value is -7.99. The van der Waals surface area contributed by atoms with Gasteiger partial charge in [0.05, 0.1) is 44.6 Å². The number of fused-ring (bicyclic) bond motifs is 15. The van der Waals surface area contributed by atoms with Crippen LogP contribution in [0.2, 0.25) is 0 Å². The monoisotopic (exact) mass is 850 g/mol. The van der Waals surface area contributed by atoms with Crippen molar-refractivity contribution < 1.29 is 0 Å². The molecule has 1 spiro atoms. The first-order valence-electron chi connectivity index (χ1n) is 22.0. The molecule has 0 fully saturated rings. The maximum atomic E-state index is 8.05. The molecule has 4 nitrogen and oxygen atoms in total. The zero-order valence-corrected chi connectivity index (χ0v) is 36.6. The Kier molecular flexibility index (Phi) is 9.14. The van der Waals surface area contributed by atoms with Gasteiger partial charge >= 0.3 is 0 Å². The average molecular weight is 851 g/mol. The van der Waals surface area contributed by atoms with Crippen molar-refractivity contribution in [2.24, 2.45) is 4.99 Å². The molecule has 0 radical (unpaired) electrons. The molecule has 0 amide bonds. The van der Waals surface area contributed by atoms with Crippen LogP contribution in [0.15, 0.2) is 233 Å². The second-order valence-corrected chi connectivity index (χ2v) is 17.8. The van der Waals surface area contributed by atoms with Gasteiger partial charge in [-0.05, 0) is 95.6 Å². The Morgan fingerprint density at radius 1 is 0.538 bits per heavy atom. The van der Waals surface area contributed by atoms with Crippen LogP contribution >= 0.6 is 11.8 Å². The van der Waals surface area contributed by atoms with Crippen molar-refractivity contribution in [1.82, 2.24) is 9.13 Å². The third-order valence-electron chi connectivity index (χ3n) is 13.2. The van der Waals surface area contributed by atoms with Gasteiger partial charge in [0.25, 0.3) is 0 Å². The molecule has 11 aromatic rings. The quantitative estimate of drug-likeness (QED) is 0.172. The molecule has 4 heterocycles. The second kappa shape index (κ2) is 15.4. The van der Waals surface area contributed by atoms with E-state index in [2.05, 4.69) is 179 Å². The number of allylic oxidation sites excluding steroid dienone is 1. The molecule has 0 saturated heterocycles. The number of hydrogen-bond acceptors (Lipinski definition) is 3. The summed E-state index contributed by atoms with van der Waals surface area (Å²) in [5.74, 6) is 0. The summed E-state index contributed by atoms with van der Waals surface area (Å²) in [5.41, 5.74) is 16.6. The van der Waals surface area contributed by atoms with Crippen LogP contribution in [-0.2, 0) is 5.41 Å². The van der Waals surface area contributed by atoms with Gasteiger partial charge in [0.15, 0.2) is 0 Å². The van der Waals surface area contributed by atoms with Gasteiger partial charge in [0.1, 0.15) is 0 Å². The van der Waals surface area contributed by atoms with Crippen LogP contribution in [0.4, 0.5) is 0 Å². The summed E-state index contributed by atoms with van der Waals surface area (Å²) >= 11 is 1.94. The van der Waals surface area contributed by atoms with Gasteiger partial charge < -0.3 is 14.5 Å². The number of aryl methyl sites for hydroxylation is 1. The van der Waals surface area contributed by atoms with E-state index in [1.807, 2.05) is 72.4 Å². The Balaban J connectivity index is 0.000000209. The Bertz CT molecular complexity index is 3740. The molecule has 1 unspecified atom stereocenters. The van der Waals surface area contributed by atoms with E-state index in [0.29, 0.717) is 11.4 Å². The fraction of sp³-hybridized carbons (Fsp3) is 0.0333. The number of para-hydroxylation sites is 4. The Morgan fingerprint density at radius 2 is 1.15 bits per heavy atom. The Morgan fingerprint density at radius 3 is 1.92 bits per heavy atom. The minimum Gasteiger partial charge on any atom is -0.309 e. The van der Waals surface area contributed by atoms with E-state index in [0.717, 1.165) is 11.1 Å². The minimum absolute atomic E-state index is 0.432. The zero-order chi connectivity index (χ0) is 43.6. The van der Waals surface area contributed by atoms with Gasteiger partial charge in [0, 0.05) is 42.6 Å². The van der Waals surface area contributed by atoms with Crippen molar-refractivity contribution in [1.29, 1.82) is 5.41 Å². The van der Waals surface area contributed by atoms with Crippen molar-refractivity contribution in [2.75, 3.05) is 0 Å². The largest absolute Gasteiger partial charge is 0.309 e. The van der Waals surface area contributed by atoms with Crippen LogP contribution in [0.1, 0.15) is 38.9 Å². The van der Waals surface area contributed by atoms with Gasteiger partial charge in [-0.15, -0.1) is 0 Å². The van der Waals surface area contributed by atoms with Crippen LogP contribution in [0, 0.1) is 12.3 Å². The SMILES string of the molecule is C=N/C(=C\C(=N)c1ccccc1)c1ccccc1.Cc1cccc(-n2c3ccccc3c3c4c(ccc32)C2(c3ccccc3S4)c3ccccc3-n3c4ccccc4c4cccc2c43)c1. The maximum Gasteiger partial charge on any atom is 0.0764 e. The summed E-state index contributed by atoms with van der Waals surface area (Å²) in [6.45, 7) is 5.75. The van der Waals surface area contributed by atoms with E-state index in [1.54, 1.807) is 6.08 Å². The van der Waals surface area contributed by atoms with Crippen LogP contribution in [0.3, 0.4) is 0 Å². The van der Waals surface area contributed by atoms with E-state index in [1.165, 1.54) is 92.6 Å². The summed E-state index contributed by atoms with van der Waals surface area (Å²) < 4.78 is 4.98. The van der Waals surface area contributed by atoms with Crippen molar-refractivity contribution in [3.63, 3.8) is 0 Å². The highest BCUT2D eigenvalue weighted by Crippen LogP contribution is 2.62. The zero-order valence-electron chi connectivity index (χ0n) is 35.7. The number of nitrogens with one attached hydrogen (secondary N) is 1. The van der Waals surface area contributed by atoms with Crippen LogP contribution in [0.5, 0.6) is 0 Å². The van der Waals surface area contributed by atoms with Crippen molar-refractivity contribution in [3.8, 4) is 11.4 Å². The van der Waals surface area contributed by atoms with Crippen molar-refractivity contribution >= 4 is 73.5 Å². The first kappa shape index (κ1) is 38.7. The molecule has 5 heteroatoms. The molecule has 65 heavy (non-hydrogen) atoms. The topological polar surface area (TPSA) is 46.1 Å². The third kappa shape index (κ3) is 5.86. The number of benzene rings is 9. The number of aliphatic imine (C=N–C) groups is 1. The fourth-order valence-corrected chi connectivity index (χ4v) is 11.9. The van der Waals surface area contributed by atoms with E-state index in [9.17, 15) is 0 Å². The molecule has 1 N–H and O–H groups in total. The van der Waals surface area contributed by atoms with Crippen molar-refractivity contribution in [2.45, 2.75) is 22.1 Å². The van der Waals surface area contributed by atoms with Crippen LogP contribution in [0.25, 0.3) is 60.7 Å². The molecule has 2 aliphatic heterocycles. The summed E-state index contributed by atoms with van der Waals surface area (Å²) in [5, 5.41) is 13.3. The van der Waals surface area contributed by atoms with Crippen molar-refractivity contribution in [3.05, 3.63) is 257 Å². The second-order valence-electron chi connectivity index (χ2n) is 16.8. The van der Waals surface area contributed by atoms with E-state index < -0.39 is 5.41 Å². The predicted octanol–water partition coefficient (Wildman–Crippen LogP) is 15.1. The lowest BCUT2D eigenvalue weighted by molar-refractivity contribution is 0.692. The molecule has 9 aromatic carbocycles. The Labute approximate surface area is 382 Å².